The van der Waals surface area contributed by atoms with E-state index < -0.39 is 6.09 Å². The number of pyridine rings is 1. The lowest BCUT2D eigenvalue weighted by molar-refractivity contribution is -0.124. The molecule has 48 heavy (non-hydrogen) atoms. The van der Waals surface area contributed by atoms with Gasteiger partial charge in [-0.2, -0.15) is 0 Å². The van der Waals surface area contributed by atoms with E-state index in [1.54, 1.807) is 29.2 Å². The van der Waals surface area contributed by atoms with Gasteiger partial charge in [-0.05, 0) is 81.0 Å². The number of rotatable bonds is 13. The first-order valence-corrected chi connectivity index (χ1v) is 16.7. The minimum atomic E-state index is -0.696. The lowest BCUT2D eigenvalue weighted by Crippen LogP contribution is -2.40. The highest BCUT2D eigenvalue weighted by atomic mass is 16.6. The number of carbonyl (C=O) groups is 3. The van der Waals surface area contributed by atoms with Crippen LogP contribution in [0.15, 0.2) is 42.5 Å². The van der Waals surface area contributed by atoms with Gasteiger partial charge in [-0.15, -0.1) is 0 Å². The normalized spacial score (nSPS) is 17.1. The molecule has 2 aliphatic rings. The maximum atomic E-state index is 13.7. The fourth-order valence-electron chi connectivity index (χ4n) is 6.08. The molecular weight excluding hydrogens is 612 g/mol. The molecule has 0 saturated carbocycles. The van der Waals surface area contributed by atoms with Crippen LogP contribution in [0.2, 0.25) is 0 Å². The summed E-state index contributed by atoms with van der Waals surface area (Å²) < 4.78 is 10.3. The van der Waals surface area contributed by atoms with E-state index in [1.807, 2.05) is 30.9 Å². The second-order valence-electron chi connectivity index (χ2n) is 12.0. The molecule has 0 spiro atoms. The number of nitrogens with two attached hydrogens (primary N) is 1. The summed E-state index contributed by atoms with van der Waals surface area (Å²) in [5, 5.41) is 22.0. The first-order valence-electron chi connectivity index (χ1n) is 16.7. The zero-order valence-electron chi connectivity index (χ0n) is 28.1. The van der Waals surface area contributed by atoms with Gasteiger partial charge in [0.05, 0.1) is 23.9 Å². The molecule has 0 unspecified atom stereocenters. The Labute approximate surface area is 282 Å². The number of anilines is 2. The van der Waals surface area contributed by atoms with Gasteiger partial charge >= 0.3 is 6.09 Å². The van der Waals surface area contributed by atoms with Crippen LogP contribution < -0.4 is 21.3 Å². The van der Waals surface area contributed by atoms with Crippen LogP contribution in [0.5, 0.6) is 0 Å². The Kier molecular flexibility index (Phi) is 13.2. The van der Waals surface area contributed by atoms with Gasteiger partial charge in [0.2, 0.25) is 17.7 Å². The van der Waals surface area contributed by atoms with Crippen LogP contribution in [0.25, 0.3) is 5.57 Å². The van der Waals surface area contributed by atoms with Gasteiger partial charge in [0, 0.05) is 51.4 Å². The highest BCUT2D eigenvalue weighted by Gasteiger charge is 2.33. The highest BCUT2D eigenvalue weighted by molar-refractivity contribution is 6.03. The van der Waals surface area contributed by atoms with E-state index in [0.29, 0.717) is 80.7 Å². The molecule has 0 bridgehead atoms. The summed E-state index contributed by atoms with van der Waals surface area (Å²) >= 11 is 0. The largest absolute Gasteiger partial charge is 0.413 e. The molecule has 2 saturated heterocycles. The average molecular weight is 661 g/mol. The zero-order valence-corrected chi connectivity index (χ0v) is 28.1. The average Bonchev–Trinajstić information content (AvgIpc) is 3.57. The van der Waals surface area contributed by atoms with Crippen molar-refractivity contribution in [1.82, 2.24) is 20.5 Å². The number of nitrogens with one attached hydrogen (secondary N) is 4. The molecule has 3 amide bonds. The predicted octanol–water partition coefficient (Wildman–Crippen LogP) is 3.81. The number of hydrogen-bond donors (Lipinski definition) is 5. The molecule has 0 radical (unpaired) electrons. The number of alkyl carbamates (subject to hydrolysis) is 1. The lowest BCUT2D eigenvalue weighted by atomic mass is 9.92. The van der Waals surface area contributed by atoms with Crippen molar-refractivity contribution in [2.24, 2.45) is 11.8 Å². The molecular formula is C35H48N8O5. The number of likely N-dealkylation sites (tertiary alicyclic amines) is 1. The number of nitrogen functional groups attached to an aromatic ring is 1. The van der Waals surface area contributed by atoms with Crippen molar-refractivity contribution in [3.63, 3.8) is 0 Å². The zero-order chi connectivity index (χ0) is 34.6. The van der Waals surface area contributed by atoms with Crippen molar-refractivity contribution < 1.29 is 23.9 Å². The van der Waals surface area contributed by atoms with E-state index in [1.165, 1.54) is 7.05 Å². The second-order valence-corrected chi connectivity index (χ2v) is 12.0. The molecule has 13 heteroatoms. The third-order valence-electron chi connectivity index (χ3n) is 8.73. The van der Waals surface area contributed by atoms with Crippen LogP contribution >= 0.6 is 0 Å². The minimum absolute atomic E-state index is 0.0316. The van der Waals surface area contributed by atoms with Gasteiger partial charge in [-0.3, -0.25) is 24.8 Å². The topological polar surface area (TPSA) is 187 Å². The number of benzene rings is 1. The third kappa shape index (κ3) is 9.48. The molecule has 3 heterocycles. The summed E-state index contributed by atoms with van der Waals surface area (Å²) in [5.74, 6) is -0.124. The Morgan fingerprint density at radius 1 is 1.06 bits per heavy atom. The molecule has 258 valence electrons. The third-order valence-corrected chi connectivity index (χ3v) is 8.73. The van der Waals surface area contributed by atoms with Gasteiger partial charge in [0.25, 0.3) is 0 Å². The molecule has 2 fully saturated rings. The summed E-state index contributed by atoms with van der Waals surface area (Å²) in [5.41, 5.74) is 9.98. The van der Waals surface area contributed by atoms with Gasteiger partial charge in [-0.1, -0.05) is 25.1 Å². The van der Waals surface area contributed by atoms with Gasteiger partial charge in [-0.25, -0.2) is 9.78 Å². The van der Waals surface area contributed by atoms with Gasteiger partial charge < -0.3 is 31.3 Å². The maximum absolute atomic E-state index is 13.7. The number of carbonyl (C=O) groups excluding carboxylic acids is 3. The van der Waals surface area contributed by atoms with Crippen molar-refractivity contribution in [2.75, 3.05) is 63.6 Å². The highest BCUT2D eigenvalue weighted by Crippen LogP contribution is 2.27. The van der Waals surface area contributed by atoms with Crippen LogP contribution in [0.1, 0.15) is 62.8 Å². The molecule has 1 atom stereocenters. The van der Waals surface area contributed by atoms with Crippen LogP contribution in [0.4, 0.5) is 16.3 Å². The summed E-state index contributed by atoms with van der Waals surface area (Å²) in [6.45, 7) is 7.39. The molecule has 2 aliphatic heterocycles. The second kappa shape index (κ2) is 17.5. The Bertz CT molecular complexity index is 1500. The Balaban J connectivity index is 1.28. The molecule has 0 aliphatic carbocycles. The Morgan fingerprint density at radius 2 is 1.77 bits per heavy atom. The standard InChI is InChI=1S/C35H48N8O5/c1-4-6-23(24-7-9-26(10-8-24)33(38)48-35(46)39-3)13-17-40-30(44)22-42-18-14-27(21-42)34(45)43(5-2)29-12-11-28(36)32(41-29)31(37)25-15-19-47-20-16-25/h6-12,25,27,37-38H,4-5,13-22,36H2,1-3H3,(H,39,46)(H,40,44)/b23-6+,37-31?,38-33?/t27-/m1/s1. The van der Waals surface area contributed by atoms with Crippen molar-refractivity contribution in [3.05, 3.63) is 59.3 Å². The molecule has 6 N–H and O–H groups in total. The fourth-order valence-corrected chi connectivity index (χ4v) is 6.08. The van der Waals surface area contributed by atoms with Crippen molar-refractivity contribution in [3.8, 4) is 0 Å². The summed E-state index contributed by atoms with van der Waals surface area (Å²) in [4.78, 5) is 46.3. The molecule has 4 rings (SSSR count). The van der Waals surface area contributed by atoms with Crippen LogP contribution in [0.3, 0.4) is 0 Å². The number of amides is 3. The number of ether oxygens (including phenoxy) is 2. The van der Waals surface area contributed by atoms with Gasteiger partial charge in [0.1, 0.15) is 11.5 Å². The Morgan fingerprint density at radius 3 is 2.44 bits per heavy atom. The Hall–Kier alpha value is -4.62. The molecule has 13 nitrogen and oxygen atoms in total. The van der Waals surface area contributed by atoms with Crippen molar-refractivity contribution in [1.29, 1.82) is 10.8 Å². The SMILES string of the molecule is CC/C=C(\CCNC(=O)CN1CC[C@@H](C(=O)N(CC)c2ccc(N)c(C(=N)C3CCOCC3)n2)C1)c1ccc(C(=N)OC(=O)NC)cc1. The fraction of sp³-hybridized carbons (Fsp3) is 0.486. The first-order chi connectivity index (χ1) is 23.1. The monoisotopic (exact) mass is 660 g/mol. The number of aromatic nitrogens is 1. The van der Waals surface area contributed by atoms with Gasteiger partial charge in [0.15, 0.2) is 0 Å². The summed E-state index contributed by atoms with van der Waals surface area (Å²) in [7, 11) is 1.43. The summed E-state index contributed by atoms with van der Waals surface area (Å²) in [6.07, 6.45) is 5.01. The molecule has 1 aromatic heterocycles. The van der Waals surface area contributed by atoms with Crippen molar-refractivity contribution >= 4 is 46.6 Å². The minimum Gasteiger partial charge on any atom is -0.397 e. The van der Waals surface area contributed by atoms with Crippen LogP contribution in [-0.2, 0) is 19.1 Å². The number of hydrogen-bond acceptors (Lipinski definition) is 10. The van der Waals surface area contributed by atoms with E-state index in [-0.39, 0.29) is 36.1 Å². The molecule has 1 aromatic carbocycles. The summed E-state index contributed by atoms with van der Waals surface area (Å²) in [6, 6.07) is 10.7. The quantitative estimate of drug-likeness (QED) is 0.158. The van der Waals surface area contributed by atoms with E-state index in [9.17, 15) is 14.4 Å². The van der Waals surface area contributed by atoms with E-state index in [4.69, 9.17) is 26.0 Å². The molecule has 2 aromatic rings. The van der Waals surface area contributed by atoms with E-state index >= 15 is 0 Å². The van der Waals surface area contributed by atoms with E-state index in [0.717, 1.165) is 30.4 Å². The van der Waals surface area contributed by atoms with E-state index in [2.05, 4.69) is 21.7 Å². The number of allylic oxidation sites excluding steroid dienone is 1. The maximum Gasteiger partial charge on any atom is 0.413 e. The smallest absolute Gasteiger partial charge is 0.397 e. The van der Waals surface area contributed by atoms with Crippen LogP contribution in [-0.4, -0.2) is 92.4 Å². The predicted molar refractivity (Wildman–Crippen MR) is 186 cm³/mol. The van der Waals surface area contributed by atoms with Crippen molar-refractivity contribution in [2.45, 2.75) is 46.0 Å². The van der Waals surface area contributed by atoms with Crippen LogP contribution in [0, 0.1) is 22.7 Å². The lowest BCUT2D eigenvalue weighted by Gasteiger charge is -2.26. The first kappa shape index (κ1) is 36.2. The number of nitrogens with zero attached hydrogens (tertiary/aromatic N) is 3.